The summed E-state index contributed by atoms with van der Waals surface area (Å²) in [5.41, 5.74) is 1.31. The summed E-state index contributed by atoms with van der Waals surface area (Å²) in [5, 5.41) is 11.1. The summed E-state index contributed by atoms with van der Waals surface area (Å²) in [6.07, 6.45) is 0. The number of rotatable bonds is 2. The molecule has 0 radical (unpaired) electrons. The zero-order valence-electron chi connectivity index (χ0n) is 7.26. The molecule has 0 spiro atoms. The SMILES string of the molecule is OCc1cc2cc(CBr)c(I)cc2s1. The molecule has 2 aromatic rings. The summed E-state index contributed by atoms with van der Waals surface area (Å²) >= 11 is 7.47. The fourth-order valence-corrected chi connectivity index (χ4v) is 4.15. The standard InChI is InChI=1S/C10H8BrIOS/c11-4-7-1-6-2-8(5-13)14-10(6)3-9(7)12/h1-3,13H,4-5H2. The van der Waals surface area contributed by atoms with Gasteiger partial charge in [-0.1, -0.05) is 15.9 Å². The van der Waals surface area contributed by atoms with Gasteiger partial charge in [-0.2, -0.15) is 0 Å². The van der Waals surface area contributed by atoms with E-state index in [0.717, 1.165) is 10.2 Å². The molecule has 4 heteroatoms. The highest BCUT2D eigenvalue weighted by Gasteiger charge is 2.05. The third-order valence-electron chi connectivity index (χ3n) is 2.04. The number of hydrogen-bond donors (Lipinski definition) is 1. The van der Waals surface area contributed by atoms with Crippen LogP contribution in [0.1, 0.15) is 10.4 Å². The van der Waals surface area contributed by atoms with E-state index in [4.69, 9.17) is 5.11 Å². The first kappa shape index (κ1) is 10.9. The van der Waals surface area contributed by atoms with Crippen molar-refractivity contribution in [3.63, 3.8) is 0 Å². The molecule has 14 heavy (non-hydrogen) atoms. The first-order valence-electron chi connectivity index (χ1n) is 4.12. The van der Waals surface area contributed by atoms with Crippen LogP contribution in [0.3, 0.4) is 0 Å². The molecule has 1 aromatic heterocycles. The normalized spacial score (nSPS) is 11.1. The van der Waals surface area contributed by atoms with E-state index in [9.17, 15) is 0 Å². The van der Waals surface area contributed by atoms with Crippen molar-refractivity contribution in [2.75, 3.05) is 0 Å². The zero-order chi connectivity index (χ0) is 10.1. The van der Waals surface area contributed by atoms with E-state index in [2.05, 4.69) is 56.7 Å². The Bertz CT molecular complexity index is 466. The van der Waals surface area contributed by atoms with Crippen molar-refractivity contribution in [1.82, 2.24) is 0 Å². The molecular weight excluding hydrogens is 375 g/mol. The van der Waals surface area contributed by atoms with E-state index in [1.165, 1.54) is 19.2 Å². The van der Waals surface area contributed by atoms with Gasteiger partial charge < -0.3 is 5.11 Å². The van der Waals surface area contributed by atoms with Gasteiger partial charge in [0, 0.05) is 18.5 Å². The average molecular weight is 383 g/mol. The number of alkyl halides is 1. The van der Waals surface area contributed by atoms with Crippen LogP contribution in [0.25, 0.3) is 10.1 Å². The van der Waals surface area contributed by atoms with E-state index in [0.29, 0.717) is 0 Å². The number of aliphatic hydroxyl groups excluding tert-OH is 1. The van der Waals surface area contributed by atoms with Gasteiger partial charge in [-0.05, 0) is 51.7 Å². The molecule has 0 saturated carbocycles. The predicted octanol–water partition coefficient (Wildman–Crippen LogP) is 3.89. The highest BCUT2D eigenvalue weighted by Crippen LogP contribution is 2.30. The summed E-state index contributed by atoms with van der Waals surface area (Å²) < 4.78 is 2.53. The van der Waals surface area contributed by atoms with Crippen LogP contribution in [0.4, 0.5) is 0 Å². The Morgan fingerprint density at radius 1 is 1.36 bits per heavy atom. The third-order valence-corrected chi connectivity index (χ3v) is 4.73. The number of benzene rings is 1. The highest BCUT2D eigenvalue weighted by molar-refractivity contribution is 14.1. The van der Waals surface area contributed by atoms with Gasteiger partial charge in [0.2, 0.25) is 0 Å². The van der Waals surface area contributed by atoms with Crippen molar-refractivity contribution >= 4 is 59.9 Å². The number of hydrogen-bond acceptors (Lipinski definition) is 2. The lowest BCUT2D eigenvalue weighted by molar-refractivity contribution is 0.285. The number of halogens is 2. The van der Waals surface area contributed by atoms with Gasteiger partial charge >= 0.3 is 0 Å². The summed E-state index contributed by atoms with van der Waals surface area (Å²) in [6.45, 7) is 0.138. The van der Waals surface area contributed by atoms with Crippen LogP contribution < -0.4 is 0 Å². The number of thiophene rings is 1. The molecule has 0 aliphatic rings. The minimum Gasteiger partial charge on any atom is -0.391 e. The van der Waals surface area contributed by atoms with Crippen molar-refractivity contribution in [3.05, 3.63) is 32.2 Å². The molecule has 0 fully saturated rings. The van der Waals surface area contributed by atoms with E-state index in [1.54, 1.807) is 11.3 Å². The molecule has 0 unspecified atom stereocenters. The van der Waals surface area contributed by atoms with Crippen molar-refractivity contribution in [1.29, 1.82) is 0 Å². The molecule has 1 heterocycles. The van der Waals surface area contributed by atoms with Crippen molar-refractivity contribution < 1.29 is 5.11 Å². The van der Waals surface area contributed by atoms with E-state index in [-0.39, 0.29) is 6.61 Å². The molecular formula is C10H8BrIOS. The second kappa shape index (κ2) is 4.47. The van der Waals surface area contributed by atoms with Crippen LogP contribution in [-0.2, 0) is 11.9 Å². The quantitative estimate of drug-likeness (QED) is 0.617. The van der Waals surface area contributed by atoms with Gasteiger partial charge in [0.1, 0.15) is 0 Å². The lowest BCUT2D eigenvalue weighted by atomic mass is 10.2. The van der Waals surface area contributed by atoms with Gasteiger partial charge in [-0.15, -0.1) is 11.3 Å². The first-order chi connectivity index (χ1) is 6.74. The molecule has 1 aromatic carbocycles. The third kappa shape index (κ3) is 1.98. The minimum absolute atomic E-state index is 0.138. The summed E-state index contributed by atoms with van der Waals surface area (Å²) in [7, 11) is 0. The number of aliphatic hydroxyl groups is 1. The second-order valence-corrected chi connectivity index (χ2v) is 5.88. The van der Waals surface area contributed by atoms with E-state index in [1.807, 2.05) is 0 Å². The van der Waals surface area contributed by atoms with Gasteiger partial charge in [-0.25, -0.2) is 0 Å². The van der Waals surface area contributed by atoms with Crippen molar-refractivity contribution in [2.24, 2.45) is 0 Å². The fraction of sp³-hybridized carbons (Fsp3) is 0.200. The van der Waals surface area contributed by atoms with Crippen molar-refractivity contribution in [2.45, 2.75) is 11.9 Å². The van der Waals surface area contributed by atoms with Crippen LogP contribution >= 0.6 is 49.9 Å². The summed E-state index contributed by atoms with van der Waals surface area (Å²) in [4.78, 5) is 1.03. The summed E-state index contributed by atoms with van der Waals surface area (Å²) in [6, 6.07) is 6.42. The van der Waals surface area contributed by atoms with Crippen LogP contribution in [-0.4, -0.2) is 5.11 Å². The Morgan fingerprint density at radius 2 is 2.14 bits per heavy atom. The van der Waals surface area contributed by atoms with Gasteiger partial charge in [0.05, 0.1) is 6.61 Å². The maximum atomic E-state index is 9.03. The monoisotopic (exact) mass is 382 g/mol. The first-order valence-corrected chi connectivity index (χ1v) is 7.14. The highest BCUT2D eigenvalue weighted by atomic mass is 127. The van der Waals surface area contributed by atoms with Crippen LogP contribution in [0.5, 0.6) is 0 Å². The van der Waals surface area contributed by atoms with Crippen LogP contribution in [0.2, 0.25) is 0 Å². The topological polar surface area (TPSA) is 20.2 Å². The Balaban J connectivity index is 2.64. The van der Waals surface area contributed by atoms with Crippen molar-refractivity contribution in [3.8, 4) is 0 Å². The fourth-order valence-electron chi connectivity index (χ4n) is 1.34. The molecule has 1 nitrogen and oxygen atoms in total. The van der Waals surface area contributed by atoms with Gasteiger partial charge in [0.15, 0.2) is 0 Å². The smallest absolute Gasteiger partial charge is 0.0774 e. The molecule has 0 bridgehead atoms. The number of fused-ring (bicyclic) bond motifs is 1. The Kier molecular flexibility index (Phi) is 3.46. The molecule has 74 valence electrons. The molecule has 2 rings (SSSR count). The summed E-state index contributed by atoms with van der Waals surface area (Å²) in [5.74, 6) is 0. The van der Waals surface area contributed by atoms with Gasteiger partial charge in [0.25, 0.3) is 0 Å². The maximum Gasteiger partial charge on any atom is 0.0774 e. The zero-order valence-corrected chi connectivity index (χ0v) is 11.8. The molecule has 0 aliphatic carbocycles. The molecule has 0 saturated heterocycles. The molecule has 1 N–H and O–H groups in total. The Labute approximate surface area is 108 Å². The largest absolute Gasteiger partial charge is 0.391 e. The lowest BCUT2D eigenvalue weighted by Gasteiger charge is -1.99. The Morgan fingerprint density at radius 3 is 2.79 bits per heavy atom. The average Bonchev–Trinajstić information content (AvgIpc) is 2.58. The molecule has 0 aliphatic heterocycles. The second-order valence-electron chi connectivity index (χ2n) is 2.99. The van der Waals surface area contributed by atoms with E-state index >= 15 is 0 Å². The van der Waals surface area contributed by atoms with Gasteiger partial charge in [-0.3, -0.25) is 0 Å². The predicted molar refractivity (Wildman–Crippen MR) is 73.1 cm³/mol. The maximum absolute atomic E-state index is 9.03. The Hall–Kier alpha value is 0.350. The lowest BCUT2D eigenvalue weighted by Crippen LogP contribution is -1.81. The van der Waals surface area contributed by atoms with E-state index < -0.39 is 0 Å². The van der Waals surface area contributed by atoms with Crippen LogP contribution in [0, 0.1) is 3.57 Å². The molecule has 0 atom stereocenters. The minimum atomic E-state index is 0.138. The molecule has 0 amide bonds. The van der Waals surface area contributed by atoms with Crippen LogP contribution in [0.15, 0.2) is 18.2 Å².